The molecule has 0 aliphatic heterocycles. The van der Waals surface area contributed by atoms with E-state index in [-0.39, 0.29) is 4.90 Å². The summed E-state index contributed by atoms with van der Waals surface area (Å²) in [6.45, 7) is 1.15. The van der Waals surface area contributed by atoms with Crippen LogP contribution in [-0.4, -0.2) is 40.6 Å². The van der Waals surface area contributed by atoms with E-state index in [9.17, 15) is 8.42 Å². The minimum Gasteiger partial charge on any atom is -0.491 e. The summed E-state index contributed by atoms with van der Waals surface area (Å²) in [7, 11) is 0.0372. The van der Waals surface area contributed by atoms with Crippen LogP contribution in [0.3, 0.4) is 0 Å². The van der Waals surface area contributed by atoms with Gasteiger partial charge in [-0.15, -0.1) is 0 Å². The fraction of sp³-hybridized carbons (Fsp3) is 0.200. The van der Waals surface area contributed by atoms with Crippen LogP contribution in [0.2, 0.25) is 10.0 Å². The average molecular weight is 439 g/mol. The smallest absolute Gasteiger partial charge is 0.262 e. The number of sulfonamides is 1. The Balaban J connectivity index is 1.90. The molecule has 8 heteroatoms. The zero-order valence-electron chi connectivity index (χ0n) is 15.4. The van der Waals surface area contributed by atoms with Crippen molar-refractivity contribution in [2.75, 3.05) is 32.0 Å². The van der Waals surface area contributed by atoms with Crippen LogP contribution >= 0.6 is 23.2 Å². The van der Waals surface area contributed by atoms with Crippen LogP contribution in [0, 0.1) is 0 Å². The molecular weight excluding hydrogens is 419 g/mol. The number of fused-ring (bicyclic) bond motifs is 1. The van der Waals surface area contributed by atoms with Gasteiger partial charge >= 0.3 is 0 Å². The Kier molecular flexibility index (Phi) is 6.35. The monoisotopic (exact) mass is 438 g/mol. The number of likely N-dealkylation sites (N-methyl/N-ethyl adjacent to an activating group) is 1. The summed E-state index contributed by atoms with van der Waals surface area (Å²) in [4.78, 5) is 2.13. The van der Waals surface area contributed by atoms with Gasteiger partial charge in [-0.2, -0.15) is 0 Å². The van der Waals surface area contributed by atoms with Crippen LogP contribution in [-0.2, 0) is 10.0 Å². The minimum atomic E-state index is -3.84. The standard InChI is InChI=1S/C20H20Cl2N2O3S/c1-24(2)11-12-27-19-13-14(9-10-18(19)22)23-28(25,26)20-8-4-5-15-16(20)6-3-7-17(15)21/h3-10,13,23H,11-12H2,1-2H3. The van der Waals surface area contributed by atoms with Gasteiger partial charge in [0.25, 0.3) is 10.0 Å². The molecular formula is C20H20Cl2N2O3S. The van der Waals surface area contributed by atoms with Gasteiger partial charge in [-0.25, -0.2) is 8.42 Å². The van der Waals surface area contributed by atoms with E-state index in [1.165, 1.54) is 0 Å². The topological polar surface area (TPSA) is 58.6 Å². The molecule has 0 aromatic heterocycles. The second kappa shape index (κ2) is 8.57. The van der Waals surface area contributed by atoms with E-state index >= 15 is 0 Å². The van der Waals surface area contributed by atoms with Crippen molar-refractivity contribution in [1.82, 2.24) is 4.90 Å². The van der Waals surface area contributed by atoms with E-state index < -0.39 is 10.0 Å². The van der Waals surface area contributed by atoms with Gasteiger partial charge in [0, 0.05) is 28.4 Å². The van der Waals surface area contributed by atoms with Crippen molar-refractivity contribution >= 4 is 49.7 Å². The summed E-state index contributed by atoms with van der Waals surface area (Å²) in [5.41, 5.74) is 0.364. The Morgan fingerprint density at radius 1 is 0.964 bits per heavy atom. The predicted molar refractivity (Wildman–Crippen MR) is 115 cm³/mol. The van der Waals surface area contributed by atoms with Crippen molar-refractivity contribution < 1.29 is 13.2 Å². The molecule has 0 amide bonds. The first-order valence-corrected chi connectivity index (χ1v) is 10.8. The Hall–Kier alpha value is -1.99. The van der Waals surface area contributed by atoms with E-state index in [1.54, 1.807) is 54.6 Å². The van der Waals surface area contributed by atoms with Crippen LogP contribution in [0.1, 0.15) is 0 Å². The first-order valence-electron chi connectivity index (χ1n) is 8.55. The van der Waals surface area contributed by atoms with Crippen molar-refractivity contribution in [2.45, 2.75) is 4.90 Å². The summed E-state index contributed by atoms with van der Waals surface area (Å²) in [5.74, 6) is 0.421. The largest absolute Gasteiger partial charge is 0.491 e. The SMILES string of the molecule is CN(C)CCOc1cc(NS(=O)(=O)c2cccc3c(Cl)cccc23)ccc1Cl. The fourth-order valence-corrected chi connectivity index (χ4v) is 4.38. The van der Waals surface area contributed by atoms with Crippen molar-refractivity contribution in [3.63, 3.8) is 0 Å². The van der Waals surface area contributed by atoms with E-state index in [2.05, 4.69) is 4.72 Å². The van der Waals surface area contributed by atoms with E-state index in [0.29, 0.717) is 45.4 Å². The molecule has 28 heavy (non-hydrogen) atoms. The third-order valence-corrected chi connectivity index (χ3v) is 6.18. The average Bonchev–Trinajstić information content (AvgIpc) is 2.63. The fourth-order valence-electron chi connectivity index (χ4n) is 2.70. The summed E-state index contributed by atoms with van der Waals surface area (Å²) < 4.78 is 34.2. The zero-order valence-corrected chi connectivity index (χ0v) is 17.8. The van der Waals surface area contributed by atoms with Crippen molar-refractivity contribution in [2.24, 2.45) is 0 Å². The number of nitrogens with one attached hydrogen (secondary N) is 1. The highest BCUT2D eigenvalue weighted by atomic mass is 35.5. The van der Waals surface area contributed by atoms with Crippen molar-refractivity contribution in [1.29, 1.82) is 0 Å². The second-order valence-electron chi connectivity index (χ2n) is 6.49. The van der Waals surface area contributed by atoms with Crippen LogP contribution in [0.25, 0.3) is 10.8 Å². The lowest BCUT2D eigenvalue weighted by Crippen LogP contribution is -2.19. The lowest BCUT2D eigenvalue weighted by molar-refractivity contribution is 0.261. The minimum absolute atomic E-state index is 0.150. The molecule has 3 aromatic carbocycles. The van der Waals surface area contributed by atoms with Crippen LogP contribution in [0.5, 0.6) is 5.75 Å². The first-order chi connectivity index (χ1) is 13.3. The molecule has 3 rings (SSSR count). The Morgan fingerprint density at radius 2 is 1.68 bits per heavy atom. The normalized spacial score (nSPS) is 11.8. The summed E-state index contributed by atoms with van der Waals surface area (Å²) in [6, 6.07) is 15.0. The van der Waals surface area contributed by atoms with Crippen molar-refractivity contribution in [3.05, 3.63) is 64.6 Å². The summed E-state index contributed by atoms with van der Waals surface area (Å²) >= 11 is 12.4. The van der Waals surface area contributed by atoms with Gasteiger partial charge in [0.1, 0.15) is 12.4 Å². The van der Waals surface area contributed by atoms with E-state index in [4.69, 9.17) is 27.9 Å². The Labute approximate surface area is 174 Å². The molecule has 5 nitrogen and oxygen atoms in total. The maximum absolute atomic E-state index is 13.0. The molecule has 0 bridgehead atoms. The van der Waals surface area contributed by atoms with Gasteiger partial charge in [-0.05, 0) is 38.4 Å². The quantitative estimate of drug-likeness (QED) is 0.570. The third kappa shape index (κ3) is 4.70. The molecule has 0 heterocycles. The third-order valence-electron chi connectivity index (χ3n) is 4.10. The molecule has 0 saturated heterocycles. The number of benzene rings is 3. The van der Waals surface area contributed by atoms with Crippen LogP contribution in [0.15, 0.2) is 59.5 Å². The molecule has 148 valence electrons. The molecule has 0 atom stereocenters. The van der Waals surface area contributed by atoms with Gasteiger partial charge in [0.2, 0.25) is 0 Å². The maximum atomic E-state index is 13.0. The number of ether oxygens (including phenoxy) is 1. The highest BCUT2D eigenvalue weighted by Gasteiger charge is 2.19. The van der Waals surface area contributed by atoms with Gasteiger partial charge < -0.3 is 9.64 Å². The van der Waals surface area contributed by atoms with Gasteiger partial charge in [-0.1, -0.05) is 47.5 Å². The van der Waals surface area contributed by atoms with E-state index in [1.807, 2.05) is 19.0 Å². The van der Waals surface area contributed by atoms with Gasteiger partial charge in [-0.3, -0.25) is 4.72 Å². The lowest BCUT2D eigenvalue weighted by atomic mass is 10.1. The number of hydrogen-bond donors (Lipinski definition) is 1. The Bertz CT molecular complexity index is 1100. The second-order valence-corrected chi connectivity index (χ2v) is 8.96. The molecule has 0 radical (unpaired) electrons. The number of nitrogens with zero attached hydrogens (tertiary/aromatic N) is 1. The molecule has 0 aliphatic carbocycles. The first kappa shape index (κ1) is 20.7. The molecule has 0 fully saturated rings. The predicted octanol–water partition coefficient (Wildman–Crippen LogP) is 4.89. The molecule has 0 unspecified atom stereocenters. The number of halogens is 2. The van der Waals surface area contributed by atoms with Crippen LogP contribution in [0.4, 0.5) is 5.69 Å². The maximum Gasteiger partial charge on any atom is 0.262 e. The summed E-state index contributed by atoms with van der Waals surface area (Å²) in [5, 5.41) is 2.14. The molecule has 3 aromatic rings. The zero-order chi connectivity index (χ0) is 20.3. The highest BCUT2D eigenvalue weighted by molar-refractivity contribution is 7.93. The molecule has 0 aliphatic rings. The molecule has 1 N–H and O–H groups in total. The molecule has 0 saturated carbocycles. The number of rotatable bonds is 7. The van der Waals surface area contributed by atoms with E-state index in [0.717, 1.165) is 0 Å². The van der Waals surface area contributed by atoms with Gasteiger partial charge in [0.05, 0.1) is 15.6 Å². The van der Waals surface area contributed by atoms with Crippen molar-refractivity contribution in [3.8, 4) is 5.75 Å². The van der Waals surface area contributed by atoms with Crippen LogP contribution < -0.4 is 9.46 Å². The lowest BCUT2D eigenvalue weighted by Gasteiger charge is -2.14. The van der Waals surface area contributed by atoms with Gasteiger partial charge in [0.15, 0.2) is 0 Å². The number of hydrogen-bond acceptors (Lipinski definition) is 4. The Morgan fingerprint density at radius 3 is 2.43 bits per heavy atom. The number of anilines is 1. The highest BCUT2D eigenvalue weighted by Crippen LogP contribution is 2.32. The molecule has 0 spiro atoms. The summed E-state index contributed by atoms with van der Waals surface area (Å²) in [6.07, 6.45) is 0.